The van der Waals surface area contributed by atoms with Gasteiger partial charge >= 0.3 is 0 Å². The molecule has 0 aromatic heterocycles. The Kier molecular flexibility index (Phi) is 4.58. The van der Waals surface area contributed by atoms with Gasteiger partial charge in [-0.15, -0.1) is 0 Å². The third kappa shape index (κ3) is 3.76. The molecule has 2 aromatic carbocycles. The Morgan fingerprint density at radius 2 is 1.81 bits per heavy atom. The summed E-state index contributed by atoms with van der Waals surface area (Å²) in [6, 6.07) is 10.2. The molecule has 0 spiro atoms. The number of primary sulfonamides is 1. The van der Waals surface area contributed by atoms with Crippen LogP contribution < -0.4 is 10.2 Å². The lowest BCUT2D eigenvalue weighted by atomic mass is 10.2. The molecule has 110 valence electrons. The van der Waals surface area contributed by atoms with Crippen LogP contribution in [0.15, 0.2) is 57.2 Å². The highest BCUT2D eigenvalue weighted by Crippen LogP contribution is 2.35. The van der Waals surface area contributed by atoms with Crippen LogP contribution in [0.2, 0.25) is 5.02 Å². The van der Waals surface area contributed by atoms with Crippen molar-refractivity contribution < 1.29 is 18.3 Å². The topological polar surface area (TPSA) is 100 Å². The SMILES string of the molecule is NS(=O)(=O)c1ccc(Cl)cc1Sc1ccccc1C(=O)[O-]. The number of hydrogen-bond donors (Lipinski definition) is 1. The highest BCUT2D eigenvalue weighted by atomic mass is 35.5. The number of hydrogen-bond acceptors (Lipinski definition) is 5. The molecule has 21 heavy (non-hydrogen) atoms. The number of rotatable bonds is 4. The molecule has 0 radical (unpaired) electrons. The standard InChI is InChI=1S/C13H10ClNO4S2/c14-8-5-6-12(21(15,18)19)11(7-8)20-10-4-2-1-3-9(10)13(16)17/h1-7H,(H,16,17)(H2,15,18,19)/p-1. The zero-order valence-corrected chi connectivity index (χ0v) is 12.8. The summed E-state index contributed by atoms with van der Waals surface area (Å²) in [7, 11) is -3.95. The molecule has 5 nitrogen and oxygen atoms in total. The number of aromatic carboxylic acids is 1. The predicted octanol–water partition coefficient (Wildman–Crippen LogP) is 1.50. The first-order valence-electron chi connectivity index (χ1n) is 5.59. The van der Waals surface area contributed by atoms with Crippen molar-refractivity contribution >= 4 is 39.4 Å². The second-order valence-corrected chi connectivity index (χ2v) is 7.07. The highest BCUT2D eigenvalue weighted by molar-refractivity contribution is 8.00. The van der Waals surface area contributed by atoms with E-state index in [1.165, 1.54) is 24.3 Å². The quantitative estimate of drug-likeness (QED) is 0.907. The fourth-order valence-corrected chi connectivity index (χ4v) is 3.95. The van der Waals surface area contributed by atoms with E-state index < -0.39 is 16.0 Å². The summed E-state index contributed by atoms with van der Waals surface area (Å²) < 4.78 is 23.1. The summed E-state index contributed by atoms with van der Waals surface area (Å²) in [5, 5.41) is 16.5. The van der Waals surface area contributed by atoms with Gasteiger partial charge < -0.3 is 9.90 Å². The molecular formula is C13H9ClNO4S2-. The number of halogens is 1. The first-order valence-corrected chi connectivity index (χ1v) is 8.33. The molecule has 0 atom stereocenters. The normalized spacial score (nSPS) is 11.3. The number of carboxylic acids is 1. The minimum Gasteiger partial charge on any atom is -0.545 e. The van der Waals surface area contributed by atoms with Crippen LogP contribution in [0.5, 0.6) is 0 Å². The van der Waals surface area contributed by atoms with Crippen molar-refractivity contribution in [3.8, 4) is 0 Å². The Balaban J connectivity index is 2.55. The van der Waals surface area contributed by atoms with Crippen molar-refractivity contribution in [2.45, 2.75) is 14.7 Å². The van der Waals surface area contributed by atoms with Crippen LogP contribution in [0.1, 0.15) is 10.4 Å². The minimum atomic E-state index is -3.95. The predicted molar refractivity (Wildman–Crippen MR) is 77.7 cm³/mol. The van der Waals surface area contributed by atoms with E-state index in [2.05, 4.69) is 0 Å². The van der Waals surface area contributed by atoms with E-state index in [4.69, 9.17) is 16.7 Å². The minimum absolute atomic E-state index is 0.0390. The van der Waals surface area contributed by atoms with Crippen LogP contribution in [-0.4, -0.2) is 14.4 Å². The second-order valence-electron chi connectivity index (χ2n) is 4.02. The summed E-state index contributed by atoms with van der Waals surface area (Å²) in [4.78, 5) is 11.5. The van der Waals surface area contributed by atoms with Crippen LogP contribution in [0.4, 0.5) is 0 Å². The van der Waals surface area contributed by atoms with Crippen molar-refractivity contribution in [3.05, 3.63) is 53.1 Å². The third-order valence-corrected chi connectivity index (χ3v) is 5.01. The molecule has 0 unspecified atom stereocenters. The first-order chi connectivity index (χ1) is 9.79. The van der Waals surface area contributed by atoms with Gasteiger partial charge in [0.15, 0.2) is 0 Å². The summed E-state index contributed by atoms with van der Waals surface area (Å²) in [6.45, 7) is 0. The van der Waals surface area contributed by atoms with Crippen LogP contribution in [0, 0.1) is 0 Å². The van der Waals surface area contributed by atoms with Crippen molar-refractivity contribution in [2.24, 2.45) is 5.14 Å². The zero-order chi connectivity index (χ0) is 15.6. The van der Waals surface area contributed by atoms with E-state index in [0.717, 1.165) is 11.8 Å². The lowest BCUT2D eigenvalue weighted by Gasteiger charge is -2.12. The van der Waals surface area contributed by atoms with E-state index in [-0.39, 0.29) is 15.4 Å². The smallest absolute Gasteiger partial charge is 0.239 e. The van der Waals surface area contributed by atoms with Gasteiger partial charge in [-0.05, 0) is 24.3 Å². The molecule has 0 heterocycles. The van der Waals surface area contributed by atoms with Crippen molar-refractivity contribution in [3.63, 3.8) is 0 Å². The van der Waals surface area contributed by atoms with Gasteiger partial charge in [-0.2, -0.15) is 0 Å². The molecule has 0 aliphatic carbocycles. The van der Waals surface area contributed by atoms with E-state index in [9.17, 15) is 18.3 Å². The fraction of sp³-hybridized carbons (Fsp3) is 0. The maximum atomic E-state index is 11.6. The largest absolute Gasteiger partial charge is 0.545 e. The van der Waals surface area contributed by atoms with Crippen LogP contribution in [0.25, 0.3) is 0 Å². The number of nitrogens with two attached hydrogens (primary N) is 1. The number of benzene rings is 2. The molecule has 2 N–H and O–H groups in total. The van der Waals surface area contributed by atoms with E-state index >= 15 is 0 Å². The molecule has 0 aliphatic heterocycles. The average Bonchev–Trinajstić information content (AvgIpc) is 2.37. The Labute approximate surface area is 130 Å². The van der Waals surface area contributed by atoms with Crippen molar-refractivity contribution in [2.75, 3.05) is 0 Å². The fourth-order valence-electron chi connectivity index (χ4n) is 1.64. The average molecular weight is 343 g/mol. The highest BCUT2D eigenvalue weighted by Gasteiger charge is 2.16. The van der Waals surface area contributed by atoms with Crippen LogP contribution >= 0.6 is 23.4 Å². The Bertz CT molecular complexity index is 806. The third-order valence-electron chi connectivity index (χ3n) is 2.54. The molecule has 0 saturated heterocycles. The molecular weight excluding hydrogens is 334 g/mol. The molecule has 2 rings (SSSR count). The van der Waals surface area contributed by atoms with Gasteiger partial charge in [0.2, 0.25) is 10.0 Å². The van der Waals surface area contributed by atoms with Gasteiger partial charge in [0.25, 0.3) is 0 Å². The molecule has 8 heteroatoms. The lowest BCUT2D eigenvalue weighted by molar-refractivity contribution is -0.255. The van der Waals surface area contributed by atoms with Gasteiger partial charge in [0, 0.05) is 20.4 Å². The summed E-state index contributed by atoms with van der Waals surface area (Å²) in [5.74, 6) is -1.35. The molecule has 0 aliphatic rings. The van der Waals surface area contributed by atoms with Crippen LogP contribution in [-0.2, 0) is 10.0 Å². The Morgan fingerprint density at radius 1 is 1.14 bits per heavy atom. The summed E-state index contributed by atoms with van der Waals surface area (Å²) >= 11 is 6.80. The molecule has 0 bridgehead atoms. The number of carbonyl (C=O) groups excluding carboxylic acids is 1. The molecule has 0 fully saturated rings. The van der Waals surface area contributed by atoms with Crippen molar-refractivity contribution in [1.82, 2.24) is 0 Å². The number of carbonyl (C=O) groups is 1. The maximum Gasteiger partial charge on any atom is 0.239 e. The van der Waals surface area contributed by atoms with E-state index in [1.54, 1.807) is 18.2 Å². The molecule has 0 amide bonds. The Hall–Kier alpha value is -1.54. The molecule has 2 aromatic rings. The van der Waals surface area contributed by atoms with E-state index in [0.29, 0.717) is 9.92 Å². The van der Waals surface area contributed by atoms with Gasteiger partial charge in [0.05, 0.1) is 10.9 Å². The zero-order valence-electron chi connectivity index (χ0n) is 10.4. The van der Waals surface area contributed by atoms with Crippen molar-refractivity contribution in [1.29, 1.82) is 0 Å². The summed E-state index contributed by atoms with van der Waals surface area (Å²) in [6.07, 6.45) is 0. The summed E-state index contributed by atoms with van der Waals surface area (Å²) in [5.41, 5.74) is -0.0390. The lowest BCUT2D eigenvalue weighted by Crippen LogP contribution is -2.22. The monoisotopic (exact) mass is 342 g/mol. The van der Waals surface area contributed by atoms with Gasteiger partial charge in [-0.25, -0.2) is 13.6 Å². The van der Waals surface area contributed by atoms with Gasteiger partial charge in [-0.3, -0.25) is 0 Å². The van der Waals surface area contributed by atoms with Gasteiger partial charge in [0.1, 0.15) is 0 Å². The Morgan fingerprint density at radius 3 is 2.43 bits per heavy atom. The maximum absolute atomic E-state index is 11.6. The molecule has 0 saturated carbocycles. The van der Waals surface area contributed by atoms with E-state index in [1.807, 2.05) is 0 Å². The second kappa shape index (κ2) is 6.07. The number of carboxylic acid groups (broad SMARTS) is 1. The van der Waals surface area contributed by atoms with Gasteiger partial charge in [-0.1, -0.05) is 41.6 Å². The van der Waals surface area contributed by atoms with Crippen LogP contribution in [0.3, 0.4) is 0 Å². The number of sulfonamides is 1. The first kappa shape index (κ1) is 15.8.